The topological polar surface area (TPSA) is 94.7 Å². The minimum atomic E-state index is -3.72. The zero-order valence-corrected chi connectivity index (χ0v) is 12.8. The van der Waals surface area contributed by atoms with Crippen LogP contribution >= 0.6 is 0 Å². The summed E-state index contributed by atoms with van der Waals surface area (Å²) < 4.78 is 30.5. The number of nitrogens with one attached hydrogen (secondary N) is 1. The highest BCUT2D eigenvalue weighted by Crippen LogP contribution is 2.33. The molecule has 0 spiro atoms. The van der Waals surface area contributed by atoms with Gasteiger partial charge >= 0.3 is 0 Å². The molecule has 0 aromatic carbocycles. The van der Waals surface area contributed by atoms with Gasteiger partial charge in [0.2, 0.25) is 0 Å². The SMILES string of the molecule is CC(C)n1cnc(NS(=O)(=O)c2ccnn2C2CCC2)n1. The molecule has 0 radical (unpaired) electrons. The third kappa shape index (κ3) is 2.65. The minimum absolute atomic E-state index is 0.0741. The van der Waals surface area contributed by atoms with Gasteiger partial charge in [-0.15, -0.1) is 5.10 Å². The van der Waals surface area contributed by atoms with Crippen molar-refractivity contribution in [3.63, 3.8) is 0 Å². The maximum Gasteiger partial charge on any atom is 0.281 e. The maximum atomic E-state index is 12.4. The second kappa shape index (κ2) is 5.14. The summed E-state index contributed by atoms with van der Waals surface area (Å²) in [6, 6.07) is 1.80. The number of sulfonamides is 1. The van der Waals surface area contributed by atoms with Crippen LogP contribution in [0.1, 0.15) is 45.2 Å². The molecule has 0 amide bonds. The summed E-state index contributed by atoms with van der Waals surface area (Å²) in [5.41, 5.74) is 0. The Morgan fingerprint density at radius 1 is 1.38 bits per heavy atom. The molecule has 3 rings (SSSR count). The van der Waals surface area contributed by atoms with Gasteiger partial charge < -0.3 is 0 Å². The fourth-order valence-corrected chi connectivity index (χ4v) is 3.28. The van der Waals surface area contributed by atoms with E-state index < -0.39 is 10.0 Å². The average Bonchev–Trinajstić information content (AvgIpc) is 2.95. The Labute approximate surface area is 123 Å². The Kier molecular flexibility index (Phi) is 3.44. The first-order chi connectivity index (χ1) is 9.97. The van der Waals surface area contributed by atoms with E-state index in [1.54, 1.807) is 9.36 Å². The van der Waals surface area contributed by atoms with E-state index in [1.807, 2.05) is 13.8 Å². The molecule has 1 saturated carbocycles. The van der Waals surface area contributed by atoms with Gasteiger partial charge in [-0.1, -0.05) is 0 Å². The number of nitrogens with zero attached hydrogens (tertiary/aromatic N) is 5. The highest BCUT2D eigenvalue weighted by molar-refractivity contribution is 7.92. The van der Waals surface area contributed by atoms with Crippen LogP contribution in [0.3, 0.4) is 0 Å². The molecule has 1 N–H and O–H groups in total. The molecule has 1 aliphatic carbocycles. The fraction of sp³-hybridized carbons (Fsp3) is 0.583. The van der Waals surface area contributed by atoms with Crippen LogP contribution < -0.4 is 4.72 Å². The summed E-state index contributed by atoms with van der Waals surface area (Å²) in [6.45, 7) is 3.89. The molecule has 0 saturated heterocycles. The zero-order chi connectivity index (χ0) is 15.0. The van der Waals surface area contributed by atoms with Gasteiger partial charge in [-0.3, -0.25) is 0 Å². The Balaban J connectivity index is 1.84. The molecule has 0 aliphatic heterocycles. The predicted octanol–water partition coefficient (Wildman–Crippen LogP) is 1.58. The lowest BCUT2D eigenvalue weighted by atomic mass is 9.93. The predicted molar refractivity (Wildman–Crippen MR) is 76.3 cm³/mol. The monoisotopic (exact) mass is 310 g/mol. The molecular formula is C12H18N6O2S. The number of anilines is 1. The van der Waals surface area contributed by atoms with Gasteiger partial charge in [-0.25, -0.2) is 14.1 Å². The third-order valence-corrected chi connectivity index (χ3v) is 4.92. The van der Waals surface area contributed by atoms with E-state index in [4.69, 9.17) is 0 Å². The van der Waals surface area contributed by atoms with Gasteiger partial charge in [0.25, 0.3) is 16.0 Å². The van der Waals surface area contributed by atoms with E-state index >= 15 is 0 Å². The molecular weight excluding hydrogens is 292 g/mol. The van der Waals surface area contributed by atoms with Gasteiger partial charge in [-0.05, 0) is 39.2 Å². The molecule has 1 fully saturated rings. The van der Waals surface area contributed by atoms with Crippen molar-refractivity contribution in [2.45, 2.75) is 50.2 Å². The molecule has 0 atom stereocenters. The summed E-state index contributed by atoms with van der Waals surface area (Å²) >= 11 is 0. The zero-order valence-electron chi connectivity index (χ0n) is 12.0. The van der Waals surface area contributed by atoms with Crippen LogP contribution in [-0.4, -0.2) is 33.0 Å². The summed E-state index contributed by atoms with van der Waals surface area (Å²) in [5.74, 6) is 0.0741. The van der Waals surface area contributed by atoms with E-state index in [0.29, 0.717) is 0 Å². The molecule has 2 aromatic heterocycles. The molecule has 8 nitrogen and oxygen atoms in total. The number of aromatic nitrogens is 5. The molecule has 114 valence electrons. The Morgan fingerprint density at radius 2 is 2.14 bits per heavy atom. The second-order valence-corrected chi connectivity index (χ2v) is 7.08. The molecule has 1 aliphatic rings. The van der Waals surface area contributed by atoms with Crippen molar-refractivity contribution in [1.29, 1.82) is 0 Å². The largest absolute Gasteiger partial charge is 0.281 e. The second-order valence-electron chi connectivity index (χ2n) is 5.45. The summed E-state index contributed by atoms with van der Waals surface area (Å²) in [4.78, 5) is 3.97. The molecule has 9 heteroatoms. The smallest absolute Gasteiger partial charge is 0.249 e. The van der Waals surface area contributed by atoms with Crippen LogP contribution in [0.15, 0.2) is 23.6 Å². The van der Waals surface area contributed by atoms with Crippen LogP contribution in [0.5, 0.6) is 0 Å². The Hall–Kier alpha value is -1.90. The average molecular weight is 310 g/mol. The number of hydrogen-bond donors (Lipinski definition) is 1. The molecule has 0 unspecified atom stereocenters. The van der Waals surface area contributed by atoms with E-state index in [1.165, 1.54) is 18.6 Å². The van der Waals surface area contributed by atoms with Gasteiger partial charge in [0.05, 0.1) is 12.2 Å². The van der Waals surface area contributed by atoms with Crippen molar-refractivity contribution in [2.75, 3.05) is 4.72 Å². The van der Waals surface area contributed by atoms with Gasteiger partial charge in [0, 0.05) is 6.04 Å². The summed E-state index contributed by atoms with van der Waals surface area (Å²) in [5, 5.41) is 8.39. The van der Waals surface area contributed by atoms with E-state index in [9.17, 15) is 8.42 Å². The molecule has 2 aromatic rings. The Bertz CT molecular complexity index is 729. The third-order valence-electron chi connectivity index (χ3n) is 3.59. The first-order valence-electron chi connectivity index (χ1n) is 6.95. The summed E-state index contributed by atoms with van der Waals surface area (Å²) in [6.07, 6.45) is 6.05. The minimum Gasteiger partial charge on any atom is -0.249 e. The van der Waals surface area contributed by atoms with E-state index in [2.05, 4.69) is 19.9 Å². The van der Waals surface area contributed by atoms with Crippen LogP contribution in [0, 0.1) is 0 Å². The molecule has 0 bridgehead atoms. The Morgan fingerprint density at radius 3 is 2.71 bits per heavy atom. The maximum absolute atomic E-state index is 12.4. The first kappa shape index (κ1) is 14.1. The van der Waals surface area contributed by atoms with E-state index in [0.717, 1.165) is 19.3 Å². The van der Waals surface area contributed by atoms with Crippen LogP contribution in [0.2, 0.25) is 0 Å². The van der Waals surface area contributed by atoms with Crippen LogP contribution in [0.25, 0.3) is 0 Å². The van der Waals surface area contributed by atoms with Crippen molar-refractivity contribution in [2.24, 2.45) is 0 Å². The standard InChI is InChI=1S/C12H18N6O2S/c1-9(2)17-8-13-12(15-17)16-21(19,20)11-6-7-14-18(11)10-4-3-5-10/h6-10H,3-5H2,1-2H3,(H,15,16). The lowest BCUT2D eigenvalue weighted by Gasteiger charge is -2.27. The highest BCUT2D eigenvalue weighted by Gasteiger charge is 2.28. The lowest BCUT2D eigenvalue weighted by Crippen LogP contribution is -2.25. The van der Waals surface area contributed by atoms with Crippen LogP contribution in [-0.2, 0) is 10.0 Å². The van der Waals surface area contributed by atoms with Crippen molar-refractivity contribution in [3.8, 4) is 0 Å². The van der Waals surface area contributed by atoms with Crippen LogP contribution in [0.4, 0.5) is 5.95 Å². The highest BCUT2D eigenvalue weighted by atomic mass is 32.2. The molecule has 2 heterocycles. The van der Waals surface area contributed by atoms with E-state index in [-0.39, 0.29) is 23.1 Å². The van der Waals surface area contributed by atoms with Gasteiger partial charge in [0.1, 0.15) is 6.33 Å². The quantitative estimate of drug-likeness (QED) is 0.904. The van der Waals surface area contributed by atoms with Gasteiger partial charge in [-0.2, -0.15) is 18.5 Å². The van der Waals surface area contributed by atoms with Gasteiger partial charge in [0.15, 0.2) is 5.03 Å². The van der Waals surface area contributed by atoms with Crippen molar-refractivity contribution >= 4 is 16.0 Å². The van der Waals surface area contributed by atoms with Crippen molar-refractivity contribution in [1.82, 2.24) is 24.5 Å². The first-order valence-corrected chi connectivity index (χ1v) is 8.43. The molecule has 21 heavy (non-hydrogen) atoms. The summed E-state index contributed by atoms with van der Waals surface area (Å²) in [7, 11) is -3.72. The normalized spacial score (nSPS) is 16.1. The van der Waals surface area contributed by atoms with Crippen molar-refractivity contribution < 1.29 is 8.42 Å². The van der Waals surface area contributed by atoms with Crippen molar-refractivity contribution in [3.05, 3.63) is 18.6 Å². The number of rotatable bonds is 5. The number of hydrogen-bond acceptors (Lipinski definition) is 5. The lowest BCUT2D eigenvalue weighted by molar-refractivity contribution is 0.271. The fourth-order valence-electron chi connectivity index (χ4n) is 2.16.